The normalized spacial score (nSPS) is 18.7. The number of thiazole rings is 1. The zero-order valence-corrected chi connectivity index (χ0v) is 20.2. The van der Waals surface area contributed by atoms with E-state index >= 15 is 0 Å². The molecule has 1 aromatic heterocycles. The maximum absolute atomic E-state index is 13.1. The summed E-state index contributed by atoms with van der Waals surface area (Å²) in [6.45, 7) is 3.73. The fourth-order valence-corrected chi connectivity index (χ4v) is 5.76. The van der Waals surface area contributed by atoms with Crippen molar-refractivity contribution in [1.82, 2.24) is 20.3 Å². The number of fused-ring (bicyclic) bond motifs is 2. The van der Waals surface area contributed by atoms with Crippen LogP contribution in [0.4, 0.5) is 0 Å². The van der Waals surface area contributed by atoms with Crippen LogP contribution in [0.25, 0.3) is 0 Å². The quantitative estimate of drug-likeness (QED) is 0.519. The number of carbonyl (C=O) groups excluding carboxylic acids is 3. The number of sulfonamides is 1. The van der Waals surface area contributed by atoms with E-state index in [9.17, 15) is 22.8 Å². The summed E-state index contributed by atoms with van der Waals surface area (Å²) in [4.78, 5) is 43.7. The van der Waals surface area contributed by atoms with E-state index in [2.05, 4.69) is 20.3 Å². The second kappa shape index (κ2) is 11.0. The van der Waals surface area contributed by atoms with Gasteiger partial charge in [0.2, 0.25) is 21.7 Å². The average Bonchev–Trinajstić information content (AvgIpc) is 3.24. The van der Waals surface area contributed by atoms with E-state index in [-0.39, 0.29) is 11.3 Å². The van der Waals surface area contributed by atoms with E-state index in [0.29, 0.717) is 19.4 Å². The molecule has 3 N–H and O–H groups in total. The van der Waals surface area contributed by atoms with Crippen molar-refractivity contribution in [2.24, 2.45) is 5.92 Å². The van der Waals surface area contributed by atoms with E-state index in [1.54, 1.807) is 49.6 Å². The summed E-state index contributed by atoms with van der Waals surface area (Å²) in [5.41, 5.74) is 0. The highest BCUT2D eigenvalue weighted by Gasteiger charge is 2.33. The Balaban J connectivity index is 1.78. The van der Waals surface area contributed by atoms with Gasteiger partial charge >= 0.3 is 0 Å². The van der Waals surface area contributed by atoms with Crippen LogP contribution in [-0.2, 0) is 37.2 Å². The van der Waals surface area contributed by atoms with Gasteiger partial charge in [-0.25, -0.2) is 13.4 Å². The summed E-state index contributed by atoms with van der Waals surface area (Å²) < 4.78 is 27.9. The lowest BCUT2D eigenvalue weighted by atomic mass is 10.0. The largest absolute Gasteiger partial charge is 0.349 e. The summed E-state index contributed by atoms with van der Waals surface area (Å²) >= 11 is 1.55. The van der Waals surface area contributed by atoms with Crippen LogP contribution in [0.15, 0.2) is 41.4 Å². The fraction of sp³-hybridized carbons (Fsp3) is 0.455. The Hall–Kier alpha value is -2.63. The van der Waals surface area contributed by atoms with Crippen molar-refractivity contribution in [3.63, 3.8) is 0 Å². The number of rotatable bonds is 6. The number of aromatic nitrogens is 1. The smallest absolute Gasteiger partial charge is 0.289 e. The molecule has 2 heterocycles. The molecular formula is C22H28N4O5S2. The third-order valence-electron chi connectivity index (χ3n) is 5.28. The first-order chi connectivity index (χ1) is 15.7. The average molecular weight is 493 g/mol. The highest BCUT2D eigenvalue weighted by atomic mass is 32.2. The lowest BCUT2D eigenvalue weighted by Gasteiger charge is -2.25. The molecule has 2 atom stereocenters. The van der Waals surface area contributed by atoms with Crippen LogP contribution in [0.2, 0.25) is 0 Å². The molecule has 0 spiro atoms. The Morgan fingerprint density at radius 3 is 2.61 bits per heavy atom. The molecule has 33 heavy (non-hydrogen) atoms. The summed E-state index contributed by atoms with van der Waals surface area (Å²) in [6, 6.07) is 5.51. The maximum atomic E-state index is 13.1. The summed E-state index contributed by atoms with van der Waals surface area (Å²) in [5, 5.41) is 6.03. The van der Waals surface area contributed by atoms with E-state index < -0.39 is 45.6 Å². The minimum atomic E-state index is -3.96. The zero-order valence-electron chi connectivity index (χ0n) is 18.5. The van der Waals surface area contributed by atoms with Crippen LogP contribution in [0.5, 0.6) is 0 Å². The summed E-state index contributed by atoms with van der Waals surface area (Å²) in [6.07, 6.45) is 3.83. The molecule has 11 heteroatoms. The molecule has 1 aliphatic rings. The van der Waals surface area contributed by atoms with Gasteiger partial charge in [0.15, 0.2) is 0 Å². The van der Waals surface area contributed by atoms with Gasteiger partial charge in [-0.05, 0) is 37.3 Å². The van der Waals surface area contributed by atoms with Gasteiger partial charge in [0.25, 0.3) is 5.91 Å². The molecule has 1 aromatic carbocycles. The number of amides is 2. The van der Waals surface area contributed by atoms with Crippen LogP contribution in [0.3, 0.4) is 0 Å². The lowest BCUT2D eigenvalue weighted by molar-refractivity contribution is -0.140. The topological polar surface area (TPSA) is 134 Å². The van der Waals surface area contributed by atoms with Crippen LogP contribution in [0.1, 0.15) is 36.6 Å². The Morgan fingerprint density at radius 2 is 1.91 bits per heavy atom. The van der Waals surface area contributed by atoms with Gasteiger partial charge in [-0.15, -0.1) is 11.3 Å². The third-order valence-corrected chi connectivity index (χ3v) is 7.85. The van der Waals surface area contributed by atoms with E-state index in [0.717, 1.165) is 16.3 Å². The number of nitrogens with zero attached hydrogens (tertiary/aromatic N) is 1. The van der Waals surface area contributed by atoms with Gasteiger partial charge in [0, 0.05) is 24.0 Å². The second-order valence-corrected chi connectivity index (χ2v) is 11.1. The minimum Gasteiger partial charge on any atom is -0.349 e. The Bertz CT molecular complexity index is 1100. The number of benzene rings is 1. The van der Waals surface area contributed by atoms with E-state index in [1.165, 1.54) is 12.1 Å². The molecular weight excluding hydrogens is 464 g/mol. The Kier molecular flexibility index (Phi) is 8.33. The first-order valence-electron chi connectivity index (χ1n) is 10.8. The Labute approximate surface area is 197 Å². The zero-order chi connectivity index (χ0) is 24.0. The predicted octanol–water partition coefficient (Wildman–Crippen LogP) is 1.20. The van der Waals surface area contributed by atoms with Crippen molar-refractivity contribution >= 4 is 39.0 Å². The van der Waals surface area contributed by atoms with Crippen LogP contribution in [-0.4, -0.2) is 49.6 Å². The predicted molar refractivity (Wildman–Crippen MR) is 124 cm³/mol. The number of Topliss-reactive ketones (excluding diaryl/α,β-unsaturated/α-hetero) is 1. The van der Waals surface area contributed by atoms with Gasteiger partial charge < -0.3 is 10.6 Å². The molecule has 0 aliphatic carbocycles. The third kappa shape index (κ3) is 6.68. The molecule has 178 valence electrons. The molecule has 1 aliphatic heterocycles. The molecule has 2 amide bonds. The second-order valence-electron chi connectivity index (χ2n) is 8.20. The van der Waals surface area contributed by atoms with Crippen molar-refractivity contribution in [3.05, 3.63) is 46.4 Å². The fourth-order valence-electron chi connectivity index (χ4n) is 3.41. The molecule has 0 saturated heterocycles. The number of nitrogens with one attached hydrogen (secondary N) is 3. The number of carbonyl (C=O) groups is 3. The first kappa shape index (κ1) is 25.0. The van der Waals surface area contributed by atoms with Gasteiger partial charge in [-0.2, -0.15) is 4.72 Å². The van der Waals surface area contributed by atoms with Crippen molar-refractivity contribution in [2.45, 2.75) is 56.5 Å². The van der Waals surface area contributed by atoms with Gasteiger partial charge in [-0.1, -0.05) is 32.0 Å². The van der Waals surface area contributed by atoms with Crippen LogP contribution in [0, 0.1) is 5.92 Å². The number of hydrogen-bond donors (Lipinski definition) is 3. The van der Waals surface area contributed by atoms with Crippen LogP contribution < -0.4 is 15.4 Å². The van der Waals surface area contributed by atoms with Gasteiger partial charge in [0.05, 0.1) is 15.9 Å². The molecule has 0 radical (unpaired) electrons. The number of ketones is 1. The highest BCUT2D eigenvalue weighted by Crippen LogP contribution is 2.18. The maximum Gasteiger partial charge on any atom is 0.289 e. The summed E-state index contributed by atoms with van der Waals surface area (Å²) in [5.74, 6) is -2.58. The van der Waals surface area contributed by atoms with Crippen molar-refractivity contribution < 1.29 is 22.8 Å². The van der Waals surface area contributed by atoms with Gasteiger partial charge in [0.1, 0.15) is 6.04 Å². The van der Waals surface area contributed by atoms with Crippen molar-refractivity contribution in [1.29, 1.82) is 0 Å². The van der Waals surface area contributed by atoms with Gasteiger partial charge in [-0.3, -0.25) is 14.4 Å². The number of aryl methyl sites for hydroxylation is 2. The number of hydrogen-bond acceptors (Lipinski definition) is 7. The molecule has 2 aromatic rings. The molecule has 2 unspecified atom stereocenters. The molecule has 0 fully saturated rings. The highest BCUT2D eigenvalue weighted by molar-refractivity contribution is 7.89. The summed E-state index contributed by atoms with van der Waals surface area (Å²) in [7, 11) is -3.96. The lowest BCUT2D eigenvalue weighted by Crippen LogP contribution is -2.55. The monoisotopic (exact) mass is 492 g/mol. The molecule has 3 rings (SSSR count). The first-order valence-corrected chi connectivity index (χ1v) is 13.1. The Morgan fingerprint density at radius 1 is 1.18 bits per heavy atom. The van der Waals surface area contributed by atoms with Crippen LogP contribution >= 0.6 is 11.3 Å². The molecule has 2 bridgehead atoms. The van der Waals surface area contributed by atoms with Crippen molar-refractivity contribution in [2.75, 3.05) is 6.54 Å². The molecule has 0 saturated carbocycles. The standard InChI is InChI=1S/C22H28N4O5S2/c1-14(2)19(26-33(30,31)16-8-4-3-5-9-16)21(28)25-17-10-11-18-24-13-15(32-18)7-6-12-23-22(29)20(17)27/h3-5,8-9,13-14,17,19,26H,6-7,10-12H2,1-2H3,(H,23,29)(H,25,28). The van der Waals surface area contributed by atoms with Crippen molar-refractivity contribution in [3.8, 4) is 0 Å². The van der Waals surface area contributed by atoms with E-state index in [4.69, 9.17) is 0 Å². The minimum absolute atomic E-state index is 0.0319. The van der Waals surface area contributed by atoms with E-state index in [1.807, 2.05) is 0 Å². The SMILES string of the molecule is CC(C)C(NS(=O)(=O)c1ccccc1)C(=O)NC1CCc2ncc(s2)CCCNC(=O)C1=O. The molecule has 9 nitrogen and oxygen atoms in total.